The summed E-state index contributed by atoms with van der Waals surface area (Å²) >= 11 is 2.09. The highest BCUT2D eigenvalue weighted by molar-refractivity contribution is 7.99. The molecule has 2 heterocycles. The Labute approximate surface area is 110 Å². The zero-order chi connectivity index (χ0) is 12.3. The summed E-state index contributed by atoms with van der Waals surface area (Å²) in [6, 6.07) is 0.724. The number of nitrogens with two attached hydrogens (primary N) is 1. The minimum atomic E-state index is 0.319. The molecule has 0 bridgehead atoms. The van der Waals surface area contributed by atoms with Gasteiger partial charge in [-0.25, -0.2) is 0 Å². The molecule has 17 heavy (non-hydrogen) atoms. The maximum atomic E-state index is 6.13. The van der Waals surface area contributed by atoms with E-state index in [2.05, 4.69) is 35.5 Å². The van der Waals surface area contributed by atoms with Crippen LogP contribution in [-0.4, -0.2) is 66.1 Å². The number of nitrogens with zero attached hydrogens (tertiary/aromatic N) is 2. The molecule has 2 rings (SSSR count). The van der Waals surface area contributed by atoms with Crippen molar-refractivity contribution >= 4 is 11.8 Å². The third kappa shape index (κ3) is 2.80. The molecule has 100 valence electrons. The van der Waals surface area contributed by atoms with E-state index < -0.39 is 0 Å². The smallest absolute Gasteiger partial charge is 0.0348 e. The van der Waals surface area contributed by atoms with E-state index in [0.29, 0.717) is 5.54 Å². The molecule has 0 aliphatic carbocycles. The molecule has 3 nitrogen and oxygen atoms in total. The Bertz CT molecular complexity index is 241. The number of piperazine rings is 1. The van der Waals surface area contributed by atoms with Gasteiger partial charge in [-0.1, -0.05) is 6.92 Å². The highest BCUT2D eigenvalue weighted by atomic mass is 32.2. The van der Waals surface area contributed by atoms with Crippen LogP contribution in [0.2, 0.25) is 0 Å². The lowest BCUT2D eigenvalue weighted by Gasteiger charge is -2.51. The normalized spacial score (nSPS) is 31.6. The molecule has 0 amide bonds. The van der Waals surface area contributed by atoms with E-state index in [1.807, 2.05) is 0 Å². The second kappa shape index (κ2) is 5.91. The van der Waals surface area contributed by atoms with Gasteiger partial charge in [0.1, 0.15) is 0 Å². The van der Waals surface area contributed by atoms with Gasteiger partial charge < -0.3 is 10.6 Å². The number of rotatable bonds is 3. The standard InChI is InChI=1S/C13H27N3S/c1-3-12-10-16(7-6-15(12)2)13(11-14)4-8-17-9-5-13/h12H,3-11,14H2,1-2H3. The molecule has 1 unspecified atom stereocenters. The molecular weight excluding hydrogens is 230 g/mol. The van der Waals surface area contributed by atoms with Gasteiger partial charge in [0.2, 0.25) is 0 Å². The molecule has 0 aromatic heterocycles. The molecule has 2 fully saturated rings. The van der Waals surface area contributed by atoms with Crippen LogP contribution in [0.25, 0.3) is 0 Å². The minimum Gasteiger partial charge on any atom is -0.329 e. The fourth-order valence-corrected chi connectivity index (χ4v) is 4.47. The Morgan fingerprint density at radius 2 is 2.00 bits per heavy atom. The predicted molar refractivity (Wildman–Crippen MR) is 76.6 cm³/mol. The third-order valence-corrected chi connectivity index (χ3v) is 5.71. The molecule has 1 atom stereocenters. The molecule has 0 aromatic carbocycles. The van der Waals surface area contributed by atoms with Crippen molar-refractivity contribution in [2.24, 2.45) is 5.73 Å². The third-order valence-electron chi connectivity index (χ3n) is 4.72. The summed E-state index contributed by atoms with van der Waals surface area (Å²) in [7, 11) is 2.26. The highest BCUT2D eigenvalue weighted by Gasteiger charge is 2.39. The Balaban J connectivity index is 2.04. The average Bonchev–Trinajstić information content (AvgIpc) is 2.40. The lowest BCUT2D eigenvalue weighted by Crippen LogP contribution is -2.63. The molecule has 2 saturated heterocycles. The molecular formula is C13H27N3S. The summed E-state index contributed by atoms with van der Waals surface area (Å²) in [6.07, 6.45) is 3.82. The van der Waals surface area contributed by atoms with Crippen molar-refractivity contribution < 1.29 is 0 Å². The summed E-state index contributed by atoms with van der Waals surface area (Å²) in [5, 5.41) is 0. The van der Waals surface area contributed by atoms with Gasteiger partial charge in [-0.3, -0.25) is 4.90 Å². The molecule has 0 spiro atoms. The Morgan fingerprint density at radius 3 is 2.59 bits per heavy atom. The summed E-state index contributed by atoms with van der Waals surface area (Å²) in [4.78, 5) is 5.22. The van der Waals surface area contributed by atoms with Crippen LogP contribution in [-0.2, 0) is 0 Å². The molecule has 0 saturated carbocycles. The number of hydrogen-bond acceptors (Lipinski definition) is 4. The van der Waals surface area contributed by atoms with E-state index in [4.69, 9.17) is 5.73 Å². The van der Waals surface area contributed by atoms with Gasteiger partial charge in [-0.15, -0.1) is 0 Å². The lowest BCUT2D eigenvalue weighted by atomic mass is 9.88. The molecule has 0 aromatic rings. The molecule has 2 aliphatic rings. The van der Waals surface area contributed by atoms with Crippen LogP contribution in [0.3, 0.4) is 0 Å². The number of likely N-dealkylation sites (N-methyl/N-ethyl adjacent to an activating group) is 1. The first-order chi connectivity index (χ1) is 8.22. The maximum absolute atomic E-state index is 6.13. The maximum Gasteiger partial charge on any atom is 0.0348 e. The van der Waals surface area contributed by atoms with E-state index >= 15 is 0 Å². The quantitative estimate of drug-likeness (QED) is 0.824. The van der Waals surface area contributed by atoms with E-state index in [9.17, 15) is 0 Å². The van der Waals surface area contributed by atoms with Gasteiger partial charge in [0.05, 0.1) is 0 Å². The summed E-state index contributed by atoms with van der Waals surface area (Å²) in [6.45, 7) is 6.77. The molecule has 2 N–H and O–H groups in total. The minimum absolute atomic E-state index is 0.319. The van der Waals surface area contributed by atoms with Crippen molar-refractivity contribution in [2.75, 3.05) is 44.7 Å². The van der Waals surface area contributed by atoms with Crippen LogP contribution in [0.15, 0.2) is 0 Å². The van der Waals surface area contributed by atoms with Crippen molar-refractivity contribution in [1.29, 1.82) is 0 Å². The second-order valence-electron chi connectivity index (χ2n) is 5.53. The van der Waals surface area contributed by atoms with Crippen LogP contribution in [0, 0.1) is 0 Å². The zero-order valence-electron chi connectivity index (χ0n) is 11.3. The van der Waals surface area contributed by atoms with Crippen molar-refractivity contribution in [3.05, 3.63) is 0 Å². The van der Waals surface area contributed by atoms with E-state index in [1.165, 1.54) is 50.4 Å². The van der Waals surface area contributed by atoms with Gasteiger partial charge in [-0.05, 0) is 37.8 Å². The molecule has 2 aliphatic heterocycles. The van der Waals surface area contributed by atoms with Crippen LogP contribution < -0.4 is 5.73 Å². The Hall–Kier alpha value is 0.230. The van der Waals surface area contributed by atoms with Crippen LogP contribution >= 0.6 is 11.8 Å². The highest BCUT2D eigenvalue weighted by Crippen LogP contribution is 2.33. The first kappa shape index (κ1) is 13.7. The van der Waals surface area contributed by atoms with E-state index in [-0.39, 0.29) is 0 Å². The average molecular weight is 257 g/mol. The van der Waals surface area contributed by atoms with E-state index in [1.54, 1.807) is 0 Å². The predicted octanol–water partition coefficient (Wildman–Crippen LogP) is 1.24. The first-order valence-corrected chi connectivity index (χ1v) is 8.10. The van der Waals surface area contributed by atoms with Gasteiger partial charge in [-0.2, -0.15) is 11.8 Å². The van der Waals surface area contributed by atoms with Crippen LogP contribution in [0.5, 0.6) is 0 Å². The largest absolute Gasteiger partial charge is 0.329 e. The van der Waals surface area contributed by atoms with E-state index in [0.717, 1.165) is 12.6 Å². The topological polar surface area (TPSA) is 32.5 Å². The van der Waals surface area contributed by atoms with Gasteiger partial charge in [0, 0.05) is 37.8 Å². The summed E-state index contributed by atoms with van der Waals surface area (Å²) in [5.74, 6) is 2.58. The number of hydrogen-bond donors (Lipinski definition) is 1. The van der Waals surface area contributed by atoms with Crippen molar-refractivity contribution in [2.45, 2.75) is 37.8 Å². The summed E-state index contributed by atoms with van der Waals surface area (Å²) < 4.78 is 0. The summed E-state index contributed by atoms with van der Waals surface area (Å²) in [5.41, 5.74) is 6.45. The lowest BCUT2D eigenvalue weighted by molar-refractivity contribution is 0.00726. The Morgan fingerprint density at radius 1 is 1.29 bits per heavy atom. The monoisotopic (exact) mass is 257 g/mol. The Kier molecular flexibility index (Phi) is 4.75. The van der Waals surface area contributed by atoms with Crippen molar-refractivity contribution in [1.82, 2.24) is 9.80 Å². The first-order valence-electron chi connectivity index (χ1n) is 6.95. The SMILES string of the molecule is CCC1CN(C2(CN)CCSCC2)CCN1C. The molecule has 4 heteroatoms. The van der Waals surface area contributed by atoms with Crippen LogP contribution in [0.1, 0.15) is 26.2 Å². The van der Waals surface area contributed by atoms with Crippen molar-refractivity contribution in [3.63, 3.8) is 0 Å². The van der Waals surface area contributed by atoms with Gasteiger partial charge in [0.25, 0.3) is 0 Å². The molecule has 0 radical (unpaired) electrons. The zero-order valence-corrected chi connectivity index (χ0v) is 12.1. The fraction of sp³-hybridized carbons (Fsp3) is 1.00. The second-order valence-corrected chi connectivity index (χ2v) is 6.75. The van der Waals surface area contributed by atoms with Gasteiger partial charge >= 0.3 is 0 Å². The van der Waals surface area contributed by atoms with Crippen LogP contribution in [0.4, 0.5) is 0 Å². The fourth-order valence-electron chi connectivity index (χ4n) is 3.22. The number of thioether (sulfide) groups is 1. The van der Waals surface area contributed by atoms with Crippen molar-refractivity contribution in [3.8, 4) is 0 Å². The van der Waals surface area contributed by atoms with Gasteiger partial charge in [0.15, 0.2) is 0 Å².